The lowest BCUT2D eigenvalue weighted by Crippen LogP contribution is -2.43. The molecule has 3 N–H and O–H groups in total. The standard InChI is InChI=1S/C16H25N5/c1-20(2)12-6-8-21(9-7-12)16-13(15(17)18)10-11-4-3-5-14(11)19-16/h10,12H,3-9H2,1-2H3,(H3,17,18). The van der Waals surface area contributed by atoms with Crippen LogP contribution in [-0.2, 0) is 12.8 Å². The Labute approximate surface area is 126 Å². The highest BCUT2D eigenvalue weighted by molar-refractivity contribution is 6.00. The summed E-state index contributed by atoms with van der Waals surface area (Å²) in [6.45, 7) is 1.99. The molecule has 1 fully saturated rings. The van der Waals surface area contributed by atoms with Crippen molar-refractivity contribution in [2.45, 2.75) is 38.1 Å². The van der Waals surface area contributed by atoms with Crippen molar-refractivity contribution in [3.63, 3.8) is 0 Å². The molecule has 0 unspecified atom stereocenters. The third-order valence-electron chi connectivity index (χ3n) is 4.82. The van der Waals surface area contributed by atoms with Crippen LogP contribution >= 0.6 is 0 Å². The van der Waals surface area contributed by atoms with Crippen molar-refractivity contribution in [1.29, 1.82) is 5.41 Å². The smallest absolute Gasteiger partial charge is 0.139 e. The van der Waals surface area contributed by atoms with Gasteiger partial charge in [-0.2, -0.15) is 0 Å². The monoisotopic (exact) mass is 287 g/mol. The average Bonchev–Trinajstić information content (AvgIpc) is 2.93. The minimum atomic E-state index is 0.141. The quantitative estimate of drug-likeness (QED) is 0.651. The Morgan fingerprint density at radius 2 is 2.05 bits per heavy atom. The number of piperidine rings is 1. The van der Waals surface area contributed by atoms with Gasteiger partial charge in [-0.15, -0.1) is 0 Å². The van der Waals surface area contributed by atoms with Crippen LogP contribution in [0.4, 0.5) is 5.82 Å². The molecule has 5 heteroatoms. The summed E-state index contributed by atoms with van der Waals surface area (Å²) in [4.78, 5) is 9.48. The molecule has 1 saturated heterocycles. The van der Waals surface area contributed by atoms with Crippen LogP contribution in [-0.4, -0.2) is 48.9 Å². The highest BCUT2D eigenvalue weighted by Crippen LogP contribution is 2.29. The second kappa shape index (κ2) is 5.64. The Balaban J connectivity index is 1.86. The fourth-order valence-corrected chi connectivity index (χ4v) is 3.49. The first-order valence-electron chi connectivity index (χ1n) is 7.85. The van der Waals surface area contributed by atoms with Gasteiger partial charge in [0.15, 0.2) is 0 Å². The average molecular weight is 287 g/mol. The molecule has 1 aliphatic heterocycles. The maximum Gasteiger partial charge on any atom is 0.139 e. The first-order valence-corrected chi connectivity index (χ1v) is 7.85. The van der Waals surface area contributed by atoms with E-state index in [4.69, 9.17) is 16.1 Å². The molecule has 1 aromatic heterocycles. The van der Waals surface area contributed by atoms with Crippen molar-refractivity contribution in [2.75, 3.05) is 32.1 Å². The van der Waals surface area contributed by atoms with E-state index in [9.17, 15) is 0 Å². The summed E-state index contributed by atoms with van der Waals surface area (Å²) in [5.41, 5.74) is 9.11. The predicted molar refractivity (Wildman–Crippen MR) is 86.2 cm³/mol. The molecule has 0 spiro atoms. The van der Waals surface area contributed by atoms with Crippen molar-refractivity contribution in [2.24, 2.45) is 5.73 Å². The van der Waals surface area contributed by atoms with Crippen LogP contribution in [0.15, 0.2) is 6.07 Å². The van der Waals surface area contributed by atoms with Gasteiger partial charge in [-0.05, 0) is 57.8 Å². The van der Waals surface area contributed by atoms with Gasteiger partial charge in [-0.1, -0.05) is 0 Å². The fraction of sp³-hybridized carbons (Fsp3) is 0.625. The van der Waals surface area contributed by atoms with Gasteiger partial charge in [0, 0.05) is 24.8 Å². The SMILES string of the molecule is CN(C)C1CCN(c2nc3c(cc2C(=N)N)CCC3)CC1. The fourth-order valence-electron chi connectivity index (χ4n) is 3.49. The molecule has 0 radical (unpaired) electrons. The summed E-state index contributed by atoms with van der Waals surface area (Å²) in [6, 6.07) is 2.75. The van der Waals surface area contributed by atoms with E-state index >= 15 is 0 Å². The normalized spacial score (nSPS) is 19.1. The molecule has 0 saturated carbocycles. The van der Waals surface area contributed by atoms with E-state index in [1.54, 1.807) is 0 Å². The number of anilines is 1. The van der Waals surface area contributed by atoms with Gasteiger partial charge in [0.25, 0.3) is 0 Å². The van der Waals surface area contributed by atoms with Crippen LogP contribution < -0.4 is 10.6 Å². The predicted octanol–water partition coefficient (Wildman–Crippen LogP) is 1.38. The first kappa shape index (κ1) is 14.3. The highest BCUT2D eigenvalue weighted by Gasteiger charge is 2.25. The summed E-state index contributed by atoms with van der Waals surface area (Å²) in [5.74, 6) is 1.07. The first-order chi connectivity index (χ1) is 10.1. The molecule has 1 aliphatic carbocycles. The zero-order valence-corrected chi connectivity index (χ0v) is 13.0. The summed E-state index contributed by atoms with van der Waals surface area (Å²) in [6.07, 6.45) is 5.60. The van der Waals surface area contributed by atoms with Gasteiger partial charge < -0.3 is 15.5 Å². The number of fused-ring (bicyclic) bond motifs is 1. The van der Waals surface area contributed by atoms with Crippen LogP contribution in [0.25, 0.3) is 0 Å². The van der Waals surface area contributed by atoms with Gasteiger partial charge >= 0.3 is 0 Å². The van der Waals surface area contributed by atoms with Crippen molar-refractivity contribution >= 4 is 11.7 Å². The Hall–Kier alpha value is -1.62. The maximum atomic E-state index is 7.87. The molecular weight excluding hydrogens is 262 g/mol. The molecule has 2 aliphatic rings. The van der Waals surface area contributed by atoms with Crippen molar-refractivity contribution in [3.8, 4) is 0 Å². The number of hydrogen-bond acceptors (Lipinski definition) is 4. The van der Waals surface area contributed by atoms with E-state index in [2.05, 4.69) is 30.0 Å². The van der Waals surface area contributed by atoms with Gasteiger partial charge in [0.05, 0.1) is 5.56 Å². The molecule has 5 nitrogen and oxygen atoms in total. The van der Waals surface area contributed by atoms with E-state index in [0.29, 0.717) is 6.04 Å². The molecule has 3 rings (SSSR count). The summed E-state index contributed by atoms with van der Waals surface area (Å²) < 4.78 is 0. The Kier molecular flexibility index (Phi) is 3.85. The van der Waals surface area contributed by atoms with Gasteiger partial charge in [-0.3, -0.25) is 5.41 Å². The number of amidine groups is 1. The highest BCUT2D eigenvalue weighted by atomic mass is 15.2. The number of nitrogens with two attached hydrogens (primary N) is 1. The number of nitrogens with one attached hydrogen (secondary N) is 1. The molecule has 0 bridgehead atoms. The lowest BCUT2D eigenvalue weighted by atomic mass is 10.0. The van der Waals surface area contributed by atoms with Gasteiger partial charge in [-0.25, -0.2) is 4.98 Å². The van der Waals surface area contributed by atoms with E-state index in [0.717, 1.165) is 50.2 Å². The number of aromatic nitrogens is 1. The van der Waals surface area contributed by atoms with Crippen molar-refractivity contribution < 1.29 is 0 Å². The van der Waals surface area contributed by atoms with Gasteiger partial charge in [0.2, 0.25) is 0 Å². The molecule has 1 aromatic rings. The van der Waals surface area contributed by atoms with Crippen LogP contribution in [0.2, 0.25) is 0 Å². The summed E-state index contributed by atoms with van der Waals surface area (Å²) in [7, 11) is 4.30. The van der Waals surface area contributed by atoms with Crippen LogP contribution in [0.3, 0.4) is 0 Å². The Morgan fingerprint density at radius 3 is 2.67 bits per heavy atom. The van der Waals surface area contributed by atoms with Crippen molar-refractivity contribution in [3.05, 3.63) is 22.9 Å². The van der Waals surface area contributed by atoms with E-state index in [-0.39, 0.29) is 5.84 Å². The van der Waals surface area contributed by atoms with E-state index in [1.165, 1.54) is 17.7 Å². The molecule has 114 valence electrons. The Morgan fingerprint density at radius 1 is 1.33 bits per heavy atom. The van der Waals surface area contributed by atoms with E-state index in [1.807, 2.05) is 0 Å². The lowest BCUT2D eigenvalue weighted by molar-refractivity contribution is 0.249. The third-order valence-corrected chi connectivity index (χ3v) is 4.82. The zero-order valence-electron chi connectivity index (χ0n) is 13.0. The number of rotatable bonds is 3. The second-order valence-electron chi connectivity index (χ2n) is 6.41. The number of nitrogens with zero attached hydrogens (tertiary/aromatic N) is 3. The largest absolute Gasteiger partial charge is 0.384 e. The Bertz CT molecular complexity index is 544. The van der Waals surface area contributed by atoms with Crippen LogP contribution in [0, 0.1) is 5.41 Å². The number of pyridine rings is 1. The van der Waals surface area contributed by atoms with Crippen LogP contribution in [0.1, 0.15) is 36.1 Å². The van der Waals surface area contributed by atoms with E-state index < -0.39 is 0 Å². The lowest BCUT2D eigenvalue weighted by Gasteiger charge is -2.36. The molecule has 2 heterocycles. The van der Waals surface area contributed by atoms with Gasteiger partial charge in [0.1, 0.15) is 11.7 Å². The van der Waals surface area contributed by atoms with Crippen LogP contribution in [0.5, 0.6) is 0 Å². The topological polar surface area (TPSA) is 69.2 Å². The minimum Gasteiger partial charge on any atom is -0.384 e. The minimum absolute atomic E-state index is 0.141. The zero-order chi connectivity index (χ0) is 15.0. The number of nitrogen functional groups attached to an aromatic ring is 1. The van der Waals surface area contributed by atoms with Crippen molar-refractivity contribution in [1.82, 2.24) is 9.88 Å². The number of aryl methyl sites for hydroxylation is 2. The molecule has 0 aromatic carbocycles. The second-order valence-corrected chi connectivity index (χ2v) is 6.41. The molecule has 0 atom stereocenters. The molecule has 21 heavy (non-hydrogen) atoms. The molecule has 0 amide bonds. The third kappa shape index (κ3) is 2.75. The molecular formula is C16H25N5. The summed E-state index contributed by atoms with van der Waals surface area (Å²) in [5, 5.41) is 7.87. The number of hydrogen-bond donors (Lipinski definition) is 2. The maximum absolute atomic E-state index is 7.87. The summed E-state index contributed by atoms with van der Waals surface area (Å²) >= 11 is 0.